The topological polar surface area (TPSA) is 57.5 Å². The molecule has 1 aromatic carbocycles. The summed E-state index contributed by atoms with van der Waals surface area (Å²) >= 11 is 0. The molecule has 0 aromatic heterocycles. The van der Waals surface area contributed by atoms with E-state index in [-0.39, 0.29) is 17.3 Å². The number of allylic oxidation sites excluding steroid dienone is 3. The number of rotatable bonds is 5. The van der Waals surface area contributed by atoms with Gasteiger partial charge in [-0.2, -0.15) is 0 Å². The molecule has 0 amide bonds. The average molecular weight is 246 g/mol. The lowest BCUT2D eigenvalue weighted by Gasteiger charge is -1.98. The van der Waals surface area contributed by atoms with E-state index in [0.29, 0.717) is 12.0 Å². The smallest absolute Gasteiger partial charge is 0.157 e. The van der Waals surface area contributed by atoms with Crippen LogP contribution in [0.15, 0.2) is 35.9 Å². The highest BCUT2D eigenvalue weighted by atomic mass is 16.3. The fraction of sp³-hybridized carbons (Fsp3) is 0.267. The van der Waals surface area contributed by atoms with E-state index in [1.807, 2.05) is 19.9 Å². The molecule has 2 N–H and O–H groups in total. The van der Waals surface area contributed by atoms with Gasteiger partial charge < -0.3 is 10.2 Å². The Kier molecular flexibility index (Phi) is 5.18. The van der Waals surface area contributed by atoms with Crippen molar-refractivity contribution < 1.29 is 15.0 Å². The average Bonchev–Trinajstić information content (AvgIpc) is 2.30. The first-order valence-corrected chi connectivity index (χ1v) is 5.85. The van der Waals surface area contributed by atoms with Crippen LogP contribution in [0.5, 0.6) is 11.5 Å². The molecule has 0 bridgehead atoms. The number of aromatic hydroxyl groups is 2. The van der Waals surface area contributed by atoms with Crippen LogP contribution < -0.4 is 0 Å². The van der Waals surface area contributed by atoms with Gasteiger partial charge in [0.25, 0.3) is 0 Å². The zero-order valence-electron chi connectivity index (χ0n) is 10.7. The Balaban J connectivity index is 2.55. The van der Waals surface area contributed by atoms with Gasteiger partial charge in [-0.05, 0) is 44.0 Å². The molecule has 18 heavy (non-hydrogen) atoms. The zero-order valence-corrected chi connectivity index (χ0v) is 10.7. The van der Waals surface area contributed by atoms with Gasteiger partial charge in [0.1, 0.15) is 0 Å². The molecule has 0 aliphatic rings. The number of phenols is 2. The van der Waals surface area contributed by atoms with Crippen molar-refractivity contribution in [2.45, 2.75) is 26.7 Å². The van der Waals surface area contributed by atoms with Crippen LogP contribution in [0.4, 0.5) is 0 Å². The minimum absolute atomic E-state index is 0.0417. The summed E-state index contributed by atoms with van der Waals surface area (Å²) in [5, 5.41) is 18.4. The van der Waals surface area contributed by atoms with E-state index >= 15 is 0 Å². The van der Waals surface area contributed by atoms with E-state index in [4.69, 9.17) is 5.11 Å². The Morgan fingerprint density at radius 2 is 1.94 bits per heavy atom. The van der Waals surface area contributed by atoms with Crippen LogP contribution >= 0.6 is 0 Å². The standard InChI is InChI=1S/C15H18O3/c1-11(2)4-3-5-13(16)8-6-12-7-9-14(17)15(18)10-12/h4,6-10,17-18H,3,5H2,1-2H3/b8-6+. The maximum Gasteiger partial charge on any atom is 0.157 e. The molecule has 0 spiro atoms. The first-order valence-electron chi connectivity index (χ1n) is 5.85. The van der Waals surface area contributed by atoms with Crippen LogP contribution in [0.25, 0.3) is 6.08 Å². The molecule has 0 aliphatic heterocycles. The van der Waals surface area contributed by atoms with Crippen molar-refractivity contribution in [3.05, 3.63) is 41.5 Å². The van der Waals surface area contributed by atoms with Crippen LogP contribution in [-0.2, 0) is 4.79 Å². The van der Waals surface area contributed by atoms with Crippen molar-refractivity contribution in [3.63, 3.8) is 0 Å². The van der Waals surface area contributed by atoms with Crippen LogP contribution in [0, 0.1) is 0 Å². The van der Waals surface area contributed by atoms with Crippen LogP contribution in [0.1, 0.15) is 32.3 Å². The summed E-state index contributed by atoms with van der Waals surface area (Å²) in [7, 11) is 0. The highest BCUT2D eigenvalue weighted by molar-refractivity contribution is 5.93. The van der Waals surface area contributed by atoms with Gasteiger partial charge in [0, 0.05) is 6.42 Å². The van der Waals surface area contributed by atoms with Gasteiger partial charge in [-0.3, -0.25) is 4.79 Å². The lowest BCUT2D eigenvalue weighted by atomic mass is 10.1. The number of hydrogen-bond acceptors (Lipinski definition) is 3. The van der Waals surface area contributed by atoms with E-state index in [0.717, 1.165) is 6.42 Å². The number of hydrogen-bond donors (Lipinski definition) is 2. The lowest BCUT2D eigenvalue weighted by Crippen LogP contribution is -1.90. The maximum atomic E-state index is 11.5. The molecule has 0 radical (unpaired) electrons. The monoisotopic (exact) mass is 246 g/mol. The third-order valence-corrected chi connectivity index (χ3v) is 2.40. The quantitative estimate of drug-likeness (QED) is 0.475. The molecule has 0 atom stereocenters. The highest BCUT2D eigenvalue weighted by Gasteiger charge is 1.99. The molecule has 1 rings (SSSR count). The third kappa shape index (κ3) is 4.87. The molecule has 1 aromatic rings. The van der Waals surface area contributed by atoms with Gasteiger partial charge in [0.05, 0.1) is 0 Å². The second kappa shape index (κ2) is 6.64. The van der Waals surface area contributed by atoms with Crippen molar-refractivity contribution in [1.29, 1.82) is 0 Å². The number of ketones is 1. The van der Waals surface area contributed by atoms with Gasteiger partial charge in [0.15, 0.2) is 17.3 Å². The first kappa shape index (κ1) is 14.0. The third-order valence-electron chi connectivity index (χ3n) is 2.40. The molecular formula is C15H18O3. The summed E-state index contributed by atoms with van der Waals surface area (Å²) in [6, 6.07) is 4.44. The maximum absolute atomic E-state index is 11.5. The first-order chi connectivity index (χ1) is 8.49. The van der Waals surface area contributed by atoms with Crippen molar-refractivity contribution in [3.8, 4) is 11.5 Å². The Labute approximate surface area is 107 Å². The van der Waals surface area contributed by atoms with Gasteiger partial charge in [0.2, 0.25) is 0 Å². The normalized spacial score (nSPS) is 10.6. The second-order valence-corrected chi connectivity index (χ2v) is 4.37. The minimum atomic E-state index is -0.186. The Morgan fingerprint density at radius 3 is 2.56 bits per heavy atom. The number of phenolic OH excluding ortho intramolecular Hbond substituents is 2. The molecule has 0 heterocycles. The minimum Gasteiger partial charge on any atom is -0.504 e. The summed E-state index contributed by atoms with van der Waals surface area (Å²) in [5.74, 6) is -0.309. The zero-order chi connectivity index (χ0) is 13.5. The van der Waals surface area contributed by atoms with Gasteiger partial charge in [-0.25, -0.2) is 0 Å². The SMILES string of the molecule is CC(C)=CCCC(=O)/C=C/c1ccc(O)c(O)c1. The predicted octanol–water partition coefficient (Wildman–Crippen LogP) is 3.43. The summed E-state index contributed by atoms with van der Waals surface area (Å²) < 4.78 is 0. The molecule has 0 fully saturated rings. The van der Waals surface area contributed by atoms with Crippen molar-refractivity contribution in [1.82, 2.24) is 0 Å². The van der Waals surface area contributed by atoms with Crippen LogP contribution in [0.3, 0.4) is 0 Å². The van der Waals surface area contributed by atoms with E-state index in [1.165, 1.54) is 23.8 Å². The summed E-state index contributed by atoms with van der Waals surface area (Å²) in [4.78, 5) is 11.5. The van der Waals surface area contributed by atoms with Gasteiger partial charge in [-0.15, -0.1) is 0 Å². The number of carbonyl (C=O) groups is 1. The molecule has 0 aliphatic carbocycles. The molecule has 0 saturated heterocycles. The van der Waals surface area contributed by atoms with Crippen molar-refractivity contribution >= 4 is 11.9 Å². The second-order valence-electron chi connectivity index (χ2n) is 4.37. The van der Waals surface area contributed by atoms with E-state index in [1.54, 1.807) is 12.1 Å². The molecule has 0 saturated carbocycles. The largest absolute Gasteiger partial charge is 0.504 e. The van der Waals surface area contributed by atoms with Gasteiger partial charge in [-0.1, -0.05) is 23.8 Å². The summed E-state index contributed by atoms with van der Waals surface area (Å²) in [5.41, 5.74) is 1.89. The highest BCUT2D eigenvalue weighted by Crippen LogP contribution is 2.25. The Hall–Kier alpha value is -2.03. The molecular weight excluding hydrogens is 228 g/mol. The molecule has 3 heteroatoms. The number of benzene rings is 1. The predicted molar refractivity (Wildman–Crippen MR) is 72.5 cm³/mol. The number of carbonyl (C=O) groups excluding carboxylic acids is 1. The van der Waals surface area contributed by atoms with E-state index in [2.05, 4.69) is 0 Å². The lowest BCUT2D eigenvalue weighted by molar-refractivity contribution is -0.114. The fourth-order valence-corrected chi connectivity index (χ4v) is 1.42. The molecule has 3 nitrogen and oxygen atoms in total. The van der Waals surface area contributed by atoms with Crippen LogP contribution in [-0.4, -0.2) is 16.0 Å². The van der Waals surface area contributed by atoms with E-state index in [9.17, 15) is 9.90 Å². The van der Waals surface area contributed by atoms with E-state index < -0.39 is 0 Å². The molecule has 96 valence electrons. The van der Waals surface area contributed by atoms with Crippen molar-refractivity contribution in [2.75, 3.05) is 0 Å². The Morgan fingerprint density at radius 1 is 1.22 bits per heavy atom. The summed E-state index contributed by atoms with van der Waals surface area (Å²) in [6.45, 7) is 4.00. The molecule has 0 unspecified atom stereocenters. The summed E-state index contributed by atoms with van der Waals surface area (Å²) in [6.07, 6.45) is 6.37. The Bertz CT molecular complexity index is 481. The van der Waals surface area contributed by atoms with Crippen LogP contribution in [0.2, 0.25) is 0 Å². The van der Waals surface area contributed by atoms with Gasteiger partial charge >= 0.3 is 0 Å². The van der Waals surface area contributed by atoms with Crippen molar-refractivity contribution in [2.24, 2.45) is 0 Å². The fourth-order valence-electron chi connectivity index (χ4n) is 1.42.